The van der Waals surface area contributed by atoms with Crippen LogP contribution >= 0.6 is 0 Å². The van der Waals surface area contributed by atoms with Crippen molar-refractivity contribution in [3.8, 4) is 22.5 Å². The van der Waals surface area contributed by atoms with E-state index in [1.165, 1.54) is 11.1 Å². The molecule has 0 unspecified atom stereocenters. The van der Waals surface area contributed by atoms with Crippen LogP contribution in [0.25, 0.3) is 72.2 Å². The molecule has 0 fully saturated rings. The zero-order valence-electron chi connectivity index (χ0n) is 41.4. The Morgan fingerprint density at radius 3 is 1.60 bits per heavy atom. The molecule has 0 N–H and O–H groups in total. The number of rotatable bonds is 11. The molecule has 12 aromatic rings. The summed E-state index contributed by atoms with van der Waals surface area (Å²) in [7, 11) is 0. The summed E-state index contributed by atoms with van der Waals surface area (Å²) in [5.41, 5.74) is 18.0. The second-order valence-electron chi connectivity index (χ2n) is 19.0. The summed E-state index contributed by atoms with van der Waals surface area (Å²) < 4.78 is 21.5. The highest BCUT2D eigenvalue weighted by molar-refractivity contribution is 5.86. The highest BCUT2D eigenvalue weighted by Gasteiger charge is 2.20. The molecule has 0 bridgehead atoms. The molecule has 0 spiro atoms. The molecule has 12 rings (SSSR count). The molecular weight excluding hydrogens is 902 g/mol. The van der Waals surface area contributed by atoms with E-state index in [0.717, 1.165) is 119 Å². The van der Waals surface area contributed by atoms with Crippen molar-refractivity contribution in [2.24, 2.45) is 0 Å². The second-order valence-corrected chi connectivity index (χ2v) is 19.0. The van der Waals surface area contributed by atoms with Gasteiger partial charge in [-0.1, -0.05) is 36.4 Å². The van der Waals surface area contributed by atoms with Gasteiger partial charge >= 0.3 is 0 Å². The molecule has 72 heavy (non-hydrogen) atoms. The van der Waals surface area contributed by atoms with Crippen LogP contribution in [0, 0.1) is 61.2 Å². The van der Waals surface area contributed by atoms with Gasteiger partial charge in [0.15, 0.2) is 34.4 Å². The van der Waals surface area contributed by atoms with E-state index in [-0.39, 0.29) is 5.82 Å². The second kappa shape index (κ2) is 17.4. The van der Waals surface area contributed by atoms with Crippen molar-refractivity contribution in [3.05, 3.63) is 171 Å². The fraction of sp³-hybridized carbons (Fsp3) is 0.250. The van der Waals surface area contributed by atoms with Gasteiger partial charge < -0.3 is 0 Å². The number of hydrogen-bond donors (Lipinski definition) is 0. The van der Waals surface area contributed by atoms with Crippen LogP contribution in [0.5, 0.6) is 0 Å². The third kappa shape index (κ3) is 7.92. The number of aromatic nitrogens is 15. The predicted molar refractivity (Wildman–Crippen MR) is 276 cm³/mol. The maximum absolute atomic E-state index is 15.9. The fourth-order valence-electron chi connectivity index (χ4n) is 9.73. The zero-order valence-corrected chi connectivity index (χ0v) is 41.4. The Hall–Kier alpha value is -8.53. The summed E-state index contributed by atoms with van der Waals surface area (Å²) in [4.78, 5) is 43.6. The van der Waals surface area contributed by atoms with Crippen molar-refractivity contribution in [3.63, 3.8) is 0 Å². The SMILES string of the molecule is Cc1ccc2ccc(CCc3nc4c(C)nc(-c5ccc6nc(CCc7nc8c(C)nc(-c9ccc%10nc(CCc%11nc%12c(C)ncc(C)n%12n%11)ccc%10c9)c(C)n8n7)c(F)cc6c5)c(C)n4n3)nc2c1C. The van der Waals surface area contributed by atoms with Crippen LogP contribution in [-0.4, -0.2) is 73.7 Å². The average Bonchev–Trinajstić information content (AvgIpc) is 4.15. The molecule has 3 aromatic carbocycles. The van der Waals surface area contributed by atoms with Crippen molar-refractivity contribution in [2.45, 2.75) is 93.9 Å². The lowest BCUT2D eigenvalue weighted by molar-refractivity contribution is 0.599. The van der Waals surface area contributed by atoms with E-state index in [2.05, 4.69) is 67.4 Å². The van der Waals surface area contributed by atoms with Gasteiger partial charge in [0.2, 0.25) is 0 Å². The smallest absolute Gasteiger partial charge is 0.177 e. The van der Waals surface area contributed by atoms with E-state index >= 15 is 4.39 Å². The van der Waals surface area contributed by atoms with Gasteiger partial charge in [0.25, 0.3) is 0 Å². The van der Waals surface area contributed by atoms with Gasteiger partial charge in [-0.05, 0) is 128 Å². The van der Waals surface area contributed by atoms with Crippen molar-refractivity contribution in [2.75, 3.05) is 0 Å². The Bertz CT molecular complexity index is 4150. The fourth-order valence-corrected chi connectivity index (χ4v) is 9.73. The molecule has 0 saturated heterocycles. The molecular formula is C56H50FN15. The lowest BCUT2D eigenvalue weighted by Crippen LogP contribution is -2.04. The van der Waals surface area contributed by atoms with Crippen LogP contribution in [0.1, 0.15) is 79.8 Å². The van der Waals surface area contributed by atoms with E-state index in [4.69, 9.17) is 55.2 Å². The van der Waals surface area contributed by atoms with Gasteiger partial charge in [-0.15, -0.1) is 0 Å². The van der Waals surface area contributed by atoms with Gasteiger partial charge in [0.05, 0.1) is 67.8 Å². The molecule has 0 aliphatic rings. The maximum atomic E-state index is 15.9. The minimum Gasteiger partial charge on any atom is -0.256 e. The standard InChI is InChI=1S/C56H50FN15/c1-29-9-10-37-11-15-43(62-51(37)31(29)3)18-23-49-65-55-33(5)60-53(36(8)71(55)68-49)40-14-20-46-41(26-40)27-44(57)47(63-46)21-24-50-66-56-34(6)59-52(35(7)72(56)69-50)39-13-19-45-38(25-39)12-16-42(61-45)17-22-48-64-54-32(4)58-28-30(2)70(54)67-48/h9-16,19-20,25-28H,17-18,21-24H2,1-8H3. The maximum Gasteiger partial charge on any atom is 0.177 e. The number of hydrogen-bond acceptors (Lipinski definition) is 12. The molecule has 0 aliphatic carbocycles. The predicted octanol–water partition coefficient (Wildman–Crippen LogP) is 9.94. The van der Waals surface area contributed by atoms with Crippen LogP contribution < -0.4 is 0 Å². The molecule has 15 nitrogen and oxygen atoms in total. The molecule has 16 heteroatoms. The first kappa shape index (κ1) is 44.7. The normalized spacial score (nSPS) is 12.0. The third-order valence-corrected chi connectivity index (χ3v) is 14.0. The molecule has 9 aromatic heterocycles. The number of nitrogens with zero attached hydrogens (tertiary/aromatic N) is 15. The number of fused-ring (bicyclic) bond motifs is 6. The summed E-state index contributed by atoms with van der Waals surface area (Å²) >= 11 is 0. The lowest BCUT2D eigenvalue weighted by Gasteiger charge is -2.10. The van der Waals surface area contributed by atoms with Crippen molar-refractivity contribution < 1.29 is 4.39 Å². The Morgan fingerprint density at radius 2 is 0.972 bits per heavy atom. The molecule has 9 heterocycles. The van der Waals surface area contributed by atoms with E-state index in [0.29, 0.717) is 60.2 Å². The largest absolute Gasteiger partial charge is 0.256 e. The average molecular weight is 952 g/mol. The van der Waals surface area contributed by atoms with Gasteiger partial charge in [-0.25, -0.2) is 47.8 Å². The third-order valence-electron chi connectivity index (χ3n) is 14.0. The highest BCUT2D eigenvalue weighted by Crippen LogP contribution is 2.30. The first-order valence-corrected chi connectivity index (χ1v) is 24.3. The summed E-state index contributed by atoms with van der Waals surface area (Å²) in [6.07, 6.45) is 5.29. The molecule has 0 aliphatic heterocycles. The molecule has 0 radical (unpaired) electrons. The Morgan fingerprint density at radius 1 is 0.444 bits per heavy atom. The minimum atomic E-state index is -0.382. The van der Waals surface area contributed by atoms with Gasteiger partial charge in [0.1, 0.15) is 5.82 Å². The minimum absolute atomic E-state index is 0.326. The molecule has 0 amide bonds. The highest BCUT2D eigenvalue weighted by atomic mass is 19.1. The number of benzene rings is 3. The number of pyridine rings is 3. The lowest BCUT2D eigenvalue weighted by atomic mass is 10.0. The van der Waals surface area contributed by atoms with Crippen molar-refractivity contribution in [1.82, 2.24) is 73.7 Å². The molecule has 356 valence electrons. The summed E-state index contributed by atoms with van der Waals surface area (Å²) in [5, 5.41) is 17.4. The van der Waals surface area contributed by atoms with Crippen LogP contribution in [0.15, 0.2) is 85.1 Å². The number of halogens is 1. The summed E-state index contributed by atoms with van der Waals surface area (Å²) in [6, 6.07) is 26.3. The number of aryl methyl sites for hydroxylation is 14. The van der Waals surface area contributed by atoms with E-state index in [1.807, 2.05) is 85.6 Å². The molecule has 0 saturated carbocycles. The van der Waals surface area contributed by atoms with Crippen LogP contribution in [0.3, 0.4) is 0 Å². The van der Waals surface area contributed by atoms with Crippen LogP contribution in [0.4, 0.5) is 4.39 Å². The van der Waals surface area contributed by atoms with Gasteiger partial charge in [0, 0.05) is 64.1 Å². The van der Waals surface area contributed by atoms with Crippen LogP contribution in [0.2, 0.25) is 0 Å². The summed E-state index contributed by atoms with van der Waals surface area (Å²) in [6.45, 7) is 16.0. The first-order valence-electron chi connectivity index (χ1n) is 24.3. The van der Waals surface area contributed by atoms with Gasteiger partial charge in [-0.2, -0.15) is 15.3 Å². The quantitative estimate of drug-likeness (QED) is 0.121. The van der Waals surface area contributed by atoms with Crippen molar-refractivity contribution in [1.29, 1.82) is 0 Å². The Kier molecular flexibility index (Phi) is 10.8. The van der Waals surface area contributed by atoms with E-state index in [1.54, 1.807) is 6.07 Å². The Balaban J connectivity index is 0.736. The van der Waals surface area contributed by atoms with Crippen molar-refractivity contribution >= 4 is 49.7 Å². The molecule has 0 atom stereocenters. The van der Waals surface area contributed by atoms with Crippen LogP contribution in [-0.2, 0) is 38.5 Å². The summed E-state index contributed by atoms with van der Waals surface area (Å²) in [5.74, 6) is 1.71. The van der Waals surface area contributed by atoms with Gasteiger partial charge in [-0.3, -0.25) is 15.0 Å². The zero-order chi connectivity index (χ0) is 49.5. The first-order chi connectivity index (χ1) is 34.8. The Labute approximate surface area is 413 Å². The monoisotopic (exact) mass is 951 g/mol. The topological polar surface area (TPSA) is 168 Å². The van der Waals surface area contributed by atoms with E-state index < -0.39 is 0 Å². The van der Waals surface area contributed by atoms with E-state index in [9.17, 15) is 0 Å².